The fourth-order valence-electron chi connectivity index (χ4n) is 2.02. The fourth-order valence-corrected chi connectivity index (χ4v) is 2.13. The van der Waals surface area contributed by atoms with E-state index in [1.54, 1.807) is 12.1 Å². The summed E-state index contributed by atoms with van der Waals surface area (Å²) in [5.41, 5.74) is 2.78. The van der Waals surface area contributed by atoms with Gasteiger partial charge in [0.15, 0.2) is 0 Å². The van der Waals surface area contributed by atoms with Crippen LogP contribution in [0.4, 0.5) is 0 Å². The van der Waals surface area contributed by atoms with Gasteiger partial charge in [0.1, 0.15) is 17.1 Å². The average Bonchev–Trinajstić information content (AvgIpc) is 2.78. The summed E-state index contributed by atoms with van der Waals surface area (Å²) in [6.45, 7) is 2.01. The number of fused-ring (bicyclic) bond motifs is 1. The zero-order chi connectivity index (χ0) is 12.7. The molecule has 1 N–H and O–H groups in total. The highest BCUT2D eigenvalue weighted by Gasteiger charge is 2.09. The molecule has 0 atom stereocenters. The van der Waals surface area contributed by atoms with Crippen LogP contribution in [0.15, 0.2) is 46.9 Å². The summed E-state index contributed by atoms with van der Waals surface area (Å²) in [6.07, 6.45) is 0. The van der Waals surface area contributed by atoms with Crippen LogP contribution in [0.2, 0.25) is 5.02 Å². The van der Waals surface area contributed by atoms with Crippen molar-refractivity contribution >= 4 is 22.6 Å². The van der Waals surface area contributed by atoms with Crippen molar-refractivity contribution in [3.63, 3.8) is 0 Å². The molecule has 0 aliphatic heterocycles. The summed E-state index contributed by atoms with van der Waals surface area (Å²) in [5.74, 6) is 0.789. The Hall–Kier alpha value is -1.93. The van der Waals surface area contributed by atoms with Crippen molar-refractivity contribution in [1.82, 2.24) is 0 Å². The van der Waals surface area contributed by atoms with Gasteiger partial charge in [0.2, 0.25) is 0 Å². The lowest BCUT2D eigenvalue weighted by molar-refractivity contribution is 0.475. The van der Waals surface area contributed by atoms with Crippen LogP contribution in [0.3, 0.4) is 0 Å². The Bertz CT molecular complexity index is 728. The van der Waals surface area contributed by atoms with Gasteiger partial charge in [0, 0.05) is 10.9 Å². The van der Waals surface area contributed by atoms with Crippen molar-refractivity contribution in [3.05, 3.63) is 53.1 Å². The van der Waals surface area contributed by atoms with Crippen molar-refractivity contribution in [3.8, 4) is 17.1 Å². The van der Waals surface area contributed by atoms with Crippen molar-refractivity contribution in [2.75, 3.05) is 0 Å². The number of aryl methyl sites for hydroxylation is 1. The van der Waals surface area contributed by atoms with E-state index in [2.05, 4.69) is 0 Å². The van der Waals surface area contributed by atoms with Gasteiger partial charge in [-0.05, 0) is 36.8 Å². The van der Waals surface area contributed by atoms with Gasteiger partial charge in [-0.3, -0.25) is 0 Å². The van der Waals surface area contributed by atoms with Crippen LogP contribution in [0.1, 0.15) is 5.56 Å². The summed E-state index contributed by atoms with van der Waals surface area (Å²) in [7, 11) is 0. The molecule has 1 aromatic heterocycles. The van der Waals surface area contributed by atoms with Crippen molar-refractivity contribution < 1.29 is 9.52 Å². The molecule has 18 heavy (non-hydrogen) atoms. The maximum absolute atomic E-state index is 9.62. The van der Waals surface area contributed by atoms with Crippen LogP contribution in [0.5, 0.6) is 5.75 Å². The third-order valence-corrected chi connectivity index (χ3v) is 3.29. The Kier molecular flexibility index (Phi) is 2.53. The van der Waals surface area contributed by atoms with Gasteiger partial charge in [-0.1, -0.05) is 29.8 Å². The number of benzene rings is 2. The Balaban J connectivity index is 2.19. The molecule has 3 aromatic rings. The third kappa shape index (κ3) is 1.75. The highest BCUT2D eigenvalue weighted by atomic mass is 35.5. The molecule has 2 nitrogen and oxygen atoms in total. The Morgan fingerprint density at radius 2 is 1.94 bits per heavy atom. The SMILES string of the molecule is Cc1cccc2cc(-c3ccc(Cl)c(O)c3)oc12. The van der Waals surface area contributed by atoms with E-state index in [0.717, 1.165) is 27.9 Å². The molecular weight excluding hydrogens is 248 g/mol. The maximum Gasteiger partial charge on any atom is 0.137 e. The second-order valence-electron chi connectivity index (χ2n) is 4.27. The van der Waals surface area contributed by atoms with Gasteiger partial charge in [-0.25, -0.2) is 0 Å². The molecule has 2 aromatic carbocycles. The normalized spacial score (nSPS) is 11.0. The monoisotopic (exact) mass is 258 g/mol. The lowest BCUT2D eigenvalue weighted by Gasteiger charge is -1.99. The van der Waals surface area contributed by atoms with E-state index in [1.165, 1.54) is 0 Å². The van der Waals surface area contributed by atoms with Gasteiger partial charge in [0.05, 0.1) is 5.02 Å². The van der Waals surface area contributed by atoms with E-state index in [-0.39, 0.29) is 5.75 Å². The predicted octanol–water partition coefficient (Wildman–Crippen LogP) is 4.77. The molecule has 90 valence electrons. The first-order valence-electron chi connectivity index (χ1n) is 5.63. The average molecular weight is 259 g/mol. The first-order valence-corrected chi connectivity index (χ1v) is 6.01. The van der Waals surface area contributed by atoms with Gasteiger partial charge >= 0.3 is 0 Å². The molecule has 0 radical (unpaired) electrons. The molecular formula is C15H11ClO2. The summed E-state index contributed by atoms with van der Waals surface area (Å²) >= 11 is 5.79. The number of aromatic hydroxyl groups is 1. The quantitative estimate of drug-likeness (QED) is 0.682. The summed E-state index contributed by atoms with van der Waals surface area (Å²) in [6, 6.07) is 13.1. The van der Waals surface area contributed by atoms with Gasteiger partial charge < -0.3 is 9.52 Å². The minimum Gasteiger partial charge on any atom is -0.506 e. The highest BCUT2D eigenvalue weighted by Crippen LogP contribution is 2.33. The highest BCUT2D eigenvalue weighted by molar-refractivity contribution is 6.32. The summed E-state index contributed by atoms with van der Waals surface area (Å²) in [4.78, 5) is 0. The minimum absolute atomic E-state index is 0.0614. The van der Waals surface area contributed by atoms with Crippen LogP contribution in [-0.4, -0.2) is 5.11 Å². The Morgan fingerprint density at radius 3 is 2.67 bits per heavy atom. The molecule has 3 rings (SSSR count). The first-order chi connectivity index (χ1) is 8.65. The largest absolute Gasteiger partial charge is 0.506 e. The van der Waals surface area contributed by atoms with Crippen molar-refractivity contribution in [2.24, 2.45) is 0 Å². The molecule has 0 fully saturated rings. The van der Waals surface area contributed by atoms with E-state index >= 15 is 0 Å². The molecule has 0 unspecified atom stereocenters. The molecule has 0 spiro atoms. The number of para-hydroxylation sites is 1. The van der Waals surface area contributed by atoms with Gasteiger partial charge in [-0.15, -0.1) is 0 Å². The second-order valence-corrected chi connectivity index (χ2v) is 4.68. The molecule has 1 heterocycles. The van der Waals surface area contributed by atoms with Crippen LogP contribution in [0, 0.1) is 6.92 Å². The lowest BCUT2D eigenvalue weighted by atomic mass is 10.1. The molecule has 0 aliphatic rings. The molecule has 0 bridgehead atoms. The first kappa shape index (κ1) is 11.2. The zero-order valence-electron chi connectivity index (χ0n) is 9.77. The predicted molar refractivity (Wildman–Crippen MR) is 73.1 cm³/mol. The number of hydrogen-bond acceptors (Lipinski definition) is 2. The van der Waals surface area contributed by atoms with Crippen LogP contribution in [-0.2, 0) is 0 Å². The molecule has 0 saturated carbocycles. The van der Waals surface area contributed by atoms with Gasteiger partial charge in [-0.2, -0.15) is 0 Å². The maximum atomic E-state index is 9.62. The zero-order valence-corrected chi connectivity index (χ0v) is 10.5. The Labute approximate surface area is 109 Å². The third-order valence-electron chi connectivity index (χ3n) is 2.97. The number of halogens is 1. The van der Waals surface area contributed by atoms with Crippen LogP contribution in [0.25, 0.3) is 22.3 Å². The number of phenolic OH excluding ortho intramolecular Hbond substituents is 1. The van der Waals surface area contributed by atoms with E-state index in [4.69, 9.17) is 16.0 Å². The Morgan fingerprint density at radius 1 is 1.11 bits per heavy atom. The van der Waals surface area contributed by atoms with E-state index < -0.39 is 0 Å². The van der Waals surface area contributed by atoms with Crippen LogP contribution >= 0.6 is 11.6 Å². The lowest BCUT2D eigenvalue weighted by Crippen LogP contribution is -1.74. The number of furan rings is 1. The van der Waals surface area contributed by atoms with Crippen molar-refractivity contribution in [1.29, 1.82) is 0 Å². The number of rotatable bonds is 1. The summed E-state index contributed by atoms with van der Waals surface area (Å²) < 4.78 is 5.83. The fraction of sp³-hybridized carbons (Fsp3) is 0.0667. The molecule has 3 heteroatoms. The smallest absolute Gasteiger partial charge is 0.137 e. The number of phenols is 1. The van der Waals surface area contributed by atoms with E-state index in [1.807, 2.05) is 37.3 Å². The molecule has 0 saturated heterocycles. The van der Waals surface area contributed by atoms with Crippen LogP contribution < -0.4 is 0 Å². The minimum atomic E-state index is 0.0614. The van der Waals surface area contributed by atoms with E-state index in [0.29, 0.717) is 5.02 Å². The van der Waals surface area contributed by atoms with Crippen molar-refractivity contribution in [2.45, 2.75) is 6.92 Å². The standard InChI is InChI=1S/C15H11ClO2/c1-9-3-2-4-11-8-14(18-15(9)11)10-5-6-12(16)13(17)7-10/h2-8,17H,1H3. The topological polar surface area (TPSA) is 33.4 Å². The molecule has 0 aliphatic carbocycles. The second kappa shape index (κ2) is 4.07. The summed E-state index contributed by atoms with van der Waals surface area (Å²) in [5, 5.41) is 11.0. The number of hydrogen-bond donors (Lipinski definition) is 1. The van der Waals surface area contributed by atoms with E-state index in [9.17, 15) is 5.11 Å². The van der Waals surface area contributed by atoms with Gasteiger partial charge in [0.25, 0.3) is 0 Å². The molecule has 0 amide bonds.